The maximum Gasteiger partial charge on any atom is 0.285 e. The van der Waals surface area contributed by atoms with E-state index in [-0.39, 0.29) is 9.92 Å². The minimum Gasteiger partial charge on any atom is -0.368 e. The number of benzene rings is 2. The Kier molecular flexibility index (Phi) is 8.05. The summed E-state index contributed by atoms with van der Waals surface area (Å²) < 4.78 is 28.9. The number of likely N-dealkylation sites (tertiary alicyclic amines) is 1. The fourth-order valence-electron chi connectivity index (χ4n) is 3.86. The summed E-state index contributed by atoms with van der Waals surface area (Å²) >= 11 is 14.6. The van der Waals surface area contributed by atoms with Crippen molar-refractivity contribution in [1.29, 1.82) is 0 Å². The molecule has 1 fully saturated rings. The number of nitrogens with zero attached hydrogens (tertiary/aromatic N) is 4. The van der Waals surface area contributed by atoms with Crippen LogP contribution in [0.2, 0.25) is 10.0 Å². The zero-order chi connectivity index (χ0) is 24.3. The first-order valence-electron chi connectivity index (χ1n) is 10.9. The van der Waals surface area contributed by atoms with E-state index in [0.29, 0.717) is 11.8 Å². The number of sulfonamides is 1. The molecule has 3 aromatic rings. The Balaban J connectivity index is 1.39. The van der Waals surface area contributed by atoms with Crippen LogP contribution in [0.5, 0.6) is 0 Å². The van der Waals surface area contributed by atoms with Crippen molar-refractivity contribution < 1.29 is 8.42 Å². The molecule has 2 aromatic carbocycles. The SMILES string of the molecule is CN(C)/C=N/S(=O)(=O)c1cc(CN2CCC(Sc3cc4ccncc4cc3Cl)CC2)ccc1Cl. The lowest BCUT2D eigenvalue weighted by Crippen LogP contribution is -2.34. The standard InChI is InChI=1S/C24H26Cl2N4O2S2/c1-29(2)16-28-34(31,32)24-11-17(3-4-21(24)25)15-30-9-6-20(7-10-30)33-23-13-18-5-8-27-14-19(18)12-22(23)26/h3-5,8,11-14,16,20H,6-7,9-10,15H2,1-2H3/b28-16+. The van der Waals surface area contributed by atoms with Gasteiger partial charge in [-0.25, -0.2) is 0 Å². The normalized spacial score (nSPS) is 15.9. The lowest BCUT2D eigenvalue weighted by atomic mass is 10.1. The number of pyridine rings is 1. The third-order valence-electron chi connectivity index (χ3n) is 5.62. The quantitative estimate of drug-likeness (QED) is 0.290. The van der Waals surface area contributed by atoms with E-state index >= 15 is 0 Å². The summed E-state index contributed by atoms with van der Waals surface area (Å²) in [6, 6.07) is 11.3. The summed E-state index contributed by atoms with van der Waals surface area (Å²) in [5.74, 6) is 0. The maximum atomic E-state index is 12.6. The van der Waals surface area contributed by atoms with Crippen LogP contribution in [0.4, 0.5) is 0 Å². The zero-order valence-electron chi connectivity index (χ0n) is 19.0. The number of thioether (sulfide) groups is 1. The van der Waals surface area contributed by atoms with E-state index in [4.69, 9.17) is 23.2 Å². The van der Waals surface area contributed by atoms with Crippen LogP contribution in [0.25, 0.3) is 10.8 Å². The highest BCUT2D eigenvalue weighted by Crippen LogP contribution is 2.37. The van der Waals surface area contributed by atoms with Gasteiger partial charge in [-0.1, -0.05) is 29.3 Å². The van der Waals surface area contributed by atoms with Crippen molar-refractivity contribution in [1.82, 2.24) is 14.8 Å². The molecule has 1 saturated heterocycles. The highest BCUT2D eigenvalue weighted by Gasteiger charge is 2.23. The number of halogens is 2. The van der Waals surface area contributed by atoms with Gasteiger partial charge in [0.1, 0.15) is 11.2 Å². The molecule has 0 N–H and O–H groups in total. The number of rotatable bonds is 7. The van der Waals surface area contributed by atoms with Gasteiger partial charge in [-0.05, 0) is 67.2 Å². The molecule has 2 heterocycles. The largest absolute Gasteiger partial charge is 0.368 e. The molecule has 0 spiro atoms. The Morgan fingerprint density at radius 1 is 1.12 bits per heavy atom. The first-order chi connectivity index (χ1) is 16.2. The lowest BCUT2D eigenvalue weighted by molar-refractivity contribution is 0.224. The molecular formula is C24H26Cl2N4O2S2. The maximum absolute atomic E-state index is 12.6. The predicted octanol–water partition coefficient (Wildman–Crippen LogP) is 5.58. The molecule has 1 aliphatic rings. The first kappa shape index (κ1) is 25.3. The van der Waals surface area contributed by atoms with Gasteiger partial charge in [0.15, 0.2) is 0 Å². The van der Waals surface area contributed by atoms with Gasteiger partial charge in [0.25, 0.3) is 10.0 Å². The van der Waals surface area contributed by atoms with E-state index in [1.165, 1.54) is 6.34 Å². The number of fused-ring (bicyclic) bond motifs is 1. The molecule has 0 radical (unpaired) electrons. The average molecular weight is 538 g/mol. The van der Waals surface area contributed by atoms with Crippen molar-refractivity contribution in [3.05, 3.63) is 64.4 Å². The molecule has 34 heavy (non-hydrogen) atoms. The third-order valence-corrected chi connectivity index (χ3v) is 9.14. The highest BCUT2D eigenvalue weighted by molar-refractivity contribution is 8.00. The molecule has 6 nitrogen and oxygen atoms in total. The molecule has 0 saturated carbocycles. The van der Waals surface area contributed by atoms with Gasteiger partial charge in [0.2, 0.25) is 0 Å². The van der Waals surface area contributed by atoms with Crippen LogP contribution in [-0.2, 0) is 16.6 Å². The number of aromatic nitrogens is 1. The molecule has 1 aromatic heterocycles. The van der Waals surface area contributed by atoms with Crippen LogP contribution in [0.1, 0.15) is 18.4 Å². The second kappa shape index (κ2) is 10.8. The van der Waals surface area contributed by atoms with Gasteiger partial charge in [-0.2, -0.15) is 8.42 Å². The first-order valence-corrected chi connectivity index (χ1v) is 14.0. The highest BCUT2D eigenvalue weighted by atomic mass is 35.5. The Bertz CT molecular complexity index is 1310. The average Bonchev–Trinajstić information content (AvgIpc) is 2.81. The van der Waals surface area contributed by atoms with Gasteiger partial charge in [0.05, 0.1) is 10.0 Å². The Labute approximate surface area is 215 Å². The molecular weight excluding hydrogens is 511 g/mol. The Morgan fingerprint density at radius 3 is 2.62 bits per heavy atom. The van der Waals surface area contributed by atoms with Gasteiger partial charge < -0.3 is 4.90 Å². The van der Waals surface area contributed by atoms with Crippen molar-refractivity contribution in [3.63, 3.8) is 0 Å². The fraction of sp³-hybridized carbons (Fsp3) is 0.333. The minimum absolute atomic E-state index is 0.0383. The van der Waals surface area contributed by atoms with Gasteiger partial charge in [0, 0.05) is 48.6 Å². The van der Waals surface area contributed by atoms with Crippen LogP contribution < -0.4 is 0 Å². The Hall–Kier alpha value is -1.84. The second-order valence-corrected chi connectivity index (χ2v) is 12.3. The zero-order valence-corrected chi connectivity index (χ0v) is 22.1. The topological polar surface area (TPSA) is 65.9 Å². The van der Waals surface area contributed by atoms with Crippen LogP contribution >= 0.6 is 35.0 Å². The van der Waals surface area contributed by atoms with E-state index in [9.17, 15) is 8.42 Å². The molecule has 0 amide bonds. The van der Waals surface area contributed by atoms with Crippen molar-refractivity contribution >= 4 is 62.1 Å². The molecule has 4 rings (SSSR count). The third kappa shape index (κ3) is 6.23. The minimum atomic E-state index is -3.85. The molecule has 10 heteroatoms. The fourth-order valence-corrected chi connectivity index (χ4v) is 6.79. The number of hydrogen-bond acceptors (Lipinski definition) is 5. The molecule has 180 valence electrons. The summed E-state index contributed by atoms with van der Waals surface area (Å²) in [6.45, 7) is 2.52. The number of piperidine rings is 1. The summed E-state index contributed by atoms with van der Waals surface area (Å²) in [4.78, 5) is 9.21. The van der Waals surface area contributed by atoms with E-state index < -0.39 is 10.0 Å². The summed E-state index contributed by atoms with van der Waals surface area (Å²) in [5.41, 5.74) is 0.903. The van der Waals surface area contributed by atoms with Crippen molar-refractivity contribution in [2.75, 3.05) is 27.2 Å². The van der Waals surface area contributed by atoms with Gasteiger partial charge in [-0.15, -0.1) is 16.2 Å². The summed E-state index contributed by atoms with van der Waals surface area (Å²) in [6.07, 6.45) is 6.95. The van der Waals surface area contributed by atoms with E-state index in [1.807, 2.05) is 36.2 Å². The number of hydrogen-bond donors (Lipinski definition) is 0. The van der Waals surface area contributed by atoms with Crippen LogP contribution in [0, 0.1) is 0 Å². The molecule has 1 aliphatic heterocycles. The van der Waals surface area contributed by atoms with Crippen LogP contribution in [0.3, 0.4) is 0 Å². The smallest absolute Gasteiger partial charge is 0.285 e. The van der Waals surface area contributed by atoms with Crippen molar-refractivity contribution in [2.45, 2.75) is 34.4 Å². The van der Waals surface area contributed by atoms with E-state index in [2.05, 4.69) is 20.3 Å². The summed E-state index contributed by atoms with van der Waals surface area (Å²) in [7, 11) is -0.430. The van der Waals surface area contributed by atoms with Crippen LogP contribution in [0.15, 0.2) is 63.0 Å². The van der Waals surface area contributed by atoms with Gasteiger partial charge in [-0.3, -0.25) is 9.88 Å². The molecule has 0 unspecified atom stereocenters. The molecule has 0 atom stereocenters. The van der Waals surface area contributed by atoms with E-state index in [0.717, 1.165) is 52.2 Å². The van der Waals surface area contributed by atoms with E-state index in [1.54, 1.807) is 37.3 Å². The summed E-state index contributed by atoms with van der Waals surface area (Å²) in [5, 5.41) is 3.61. The predicted molar refractivity (Wildman–Crippen MR) is 142 cm³/mol. The van der Waals surface area contributed by atoms with Gasteiger partial charge >= 0.3 is 0 Å². The molecule has 0 aliphatic carbocycles. The second-order valence-electron chi connectivity index (χ2n) is 8.52. The molecule has 0 bridgehead atoms. The van der Waals surface area contributed by atoms with Crippen molar-refractivity contribution in [3.8, 4) is 0 Å². The monoisotopic (exact) mass is 536 g/mol. The van der Waals surface area contributed by atoms with Crippen LogP contribution in [-0.4, -0.2) is 62.0 Å². The lowest BCUT2D eigenvalue weighted by Gasteiger charge is -2.32. The van der Waals surface area contributed by atoms with Crippen molar-refractivity contribution in [2.24, 2.45) is 4.40 Å². The Morgan fingerprint density at radius 2 is 1.88 bits per heavy atom.